The summed E-state index contributed by atoms with van der Waals surface area (Å²) < 4.78 is 0. The van der Waals surface area contributed by atoms with Gasteiger partial charge in [0.15, 0.2) is 0 Å². The van der Waals surface area contributed by atoms with Crippen molar-refractivity contribution in [3.63, 3.8) is 0 Å². The predicted molar refractivity (Wildman–Crippen MR) is 141 cm³/mol. The Kier molecular flexibility index (Phi) is 7.53. The Morgan fingerprint density at radius 3 is 2.11 bits per heavy atom. The molecule has 0 aromatic heterocycles. The van der Waals surface area contributed by atoms with E-state index < -0.39 is 5.92 Å². The standard InChI is InChI=1S/C30H33N3O3/c1-30(2,3)32-28(35)23-14-16-24(17-15-23)31-29(36)25-18-19-26(34)33(20-21-10-6-4-7-11-21)27(25)22-12-8-5-9-13-22/h4-17,25,27H,18-20H2,1-3H3,(H,31,36)(H,32,35)/t25-,27+/m1/s1. The van der Waals surface area contributed by atoms with Gasteiger partial charge < -0.3 is 15.5 Å². The van der Waals surface area contributed by atoms with Crippen molar-refractivity contribution in [3.05, 3.63) is 102 Å². The van der Waals surface area contributed by atoms with Crippen molar-refractivity contribution in [3.8, 4) is 0 Å². The maximum absolute atomic E-state index is 13.5. The van der Waals surface area contributed by atoms with Gasteiger partial charge >= 0.3 is 0 Å². The highest BCUT2D eigenvalue weighted by molar-refractivity contribution is 5.97. The number of amides is 3. The molecule has 0 bridgehead atoms. The second-order valence-electron chi connectivity index (χ2n) is 10.3. The van der Waals surface area contributed by atoms with Gasteiger partial charge in [0.05, 0.1) is 12.0 Å². The third kappa shape index (κ3) is 6.19. The Morgan fingerprint density at radius 2 is 1.50 bits per heavy atom. The first-order chi connectivity index (χ1) is 17.2. The van der Waals surface area contributed by atoms with Crippen LogP contribution in [0.25, 0.3) is 0 Å². The first-order valence-corrected chi connectivity index (χ1v) is 12.3. The van der Waals surface area contributed by atoms with Crippen LogP contribution in [0.5, 0.6) is 0 Å². The minimum Gasteiger partial charge on any atom is -0.347 e. The molecule has 1 fully saturated rings. The van der Waals surface area contributed by atoms with Crippen LogP contribution in [-0.2, 0) is 16.1 Å². The lowest BCUT2D eigenvalue weighted by atomic mass is 9.83. The fourth-order valence-corrected chi connectivity index (χ4v) is 4.61. The first-order valence-electron chi connectivity index (χ1n) is 12.3. The van der Waals surface area contributed by atoms with E-state index in [9.17, 15) is 14.4 Å². The van der Waals surface area contributed by atoms with Crippen LogP contribution >= 0.6 is 0 Å². The van der Waals surface area contributed by atoms with E-state index in [-0.39, 0.29) is 29.3 Å². The molecular weight excluding hydrogens is 450 g/mol. The van der Waals surface area contributed by atoms with Crippen LogP contribution in [-0.4, -0.2) is 28.2 Å². The van der Waals surface area contributed by atoms with Gasteiger partial charge in [-0.1, -0.05) is 60.7 Å². The maximum Gasteiger partial charge on any atom is 0.251 e. The number of anilines is 1. The van der Waals surface area contributed by atoms with Crippen molar-refractivity contribution < 1.29 is 14.4 Å². The van der Waals surface area contributed by atoms with Crippen molar-refractivity contribution in [2.75, 3.05) is 5.32 Å². The highest BCUT2D eigenvalue weighted by Crippen LogP contribution is 2.38. The van der Waals surface area contributed by atoms with Crippen LogP contribution in [0.3, 0.4) is 0 Å². The van der Waals surface area contributed by atoms with Crippen molar-refractivity contribution in [1.29, 1.82) is 0 Å². The molecule has 0 radical (unpaired) electrons. The Hall–Kier alpha value is -3.93. The molecule has 1 aliphatic heterocycles. The smallest absolute Gasteiger partial charge is 0.251 e. The zero-order chi connectivity index (χ0) is 25.7. The van der Waals surface area contributed by atoms with Gasteiger partial charge in [0.25, 0.3) is 5.91 Å². The molecule has 3 amide bonds. The van der Waals surface area contributed by atoms with Gasteiger partial charge in [-0.3, -0.25) is 14.4 Å². The molecule has 0 aliphatic carbocycles. The van der Waals surface area contributed by atoms with Crippen LogP contribution in [0, 0.1) is 5.92 Å². The molecule has 3 aromatic rings. The maximum atomic E-state index is 13.5. The number of benzene rings is 3. The molecule has 36 heavy (non-hydrogen) atoms. The molecule has 1 aliphatic rings. The Morgan fingerprint density at radius 1 is 0.889 bits per heavy atom. The van der Waals surface area contributed by atoms with E-state index in [1.165, 1.54) is 0 Å². The molecule has 186 valence electrons. The number of carbonyl (C=O) groups is 3. The van der Waals surface area contributed by atoms with Crippen molar-refractivity contribution >= 4 is 23.4 Å². The molecule has 2 N–H and O–H groups in total. The number of nitrogens with one attached hydrogen (secondary N) is 2. The number of piperidine rings is 1. The SMILES string of the molecule is CC(C)(C)NC(=O)c1ccc(NC(=O)[C@@H]2CCC(=O)N(Cc3ccccc3)[C@H]2c2ccccc2)cc1. The molecule has 4 rings (SSSR count). The van der Waals surface area contributed by atoms with Crippen molar-refractivity contribution in [2.24, 2.45) is 5.92 Å². The highest BCUT2D eigenvalue weighted by atomic mass is 16.2. The summed E-state index contributed by atoms with van der Waals surface area (Å²) in [4.78, 5) is 40.9. The molecule has 6 heteroatoms. The number of hydrogen-bond acceptors (Lipinski definition) is 3. The molecule has 1 heterocycles. The quantitative estimate of drug-likeness (QED) is 0.497. The molecule has 1 saturated heterocycles. The fraction of sp³-hybridized carbons (Fsp3) is 0.300. The van der Waals surface area contributed by atoms with E-state index >= 15 is 0 Å². The molecule has 0 saturated carbocycles. The highest BCUT2D eigenvalue weighted by Gasteiger charge is 2.40. The van der Waals surface area contributed by atoms with Crippen LogP contribution in [0.2, 0.25) is 0 Å². The number of rotatable bonds is 6. The van der Waals surface area contributed by atoms with E-state index in [0.717, 1.165) is 11.1 Å². The average Bonchev–Trinajstić information content (AvgIpc) is 2.85. The predicted octanol–water partition coefficient (Wildman–Crippen LogP) is 5.33. The monoisotopic (exact) mass is 483 g/mol. The lowest BCUT2D eigenvalue weighted by Gasteiger charge is -2.41. The Balaban J connectivity index is 1.55. The minimum atomic E-state index is -0.405. The van der Waals surface area contributed by atoms with Gasteiger partial charge in [-0.25, -0.2) is 0 Å². The lowest BCUT2D eigenvalue weighted by Crippen LogP contribution is -2.46. The Labute approximate surface area is 212 Å². The van der Waals surface area contributed by atoms with Crippen LogP contribution in [0.1, 0.15) is 61.1 Å². The van der Waals surface area contributed by atoms with E-state index in [0.29, 0.717) is 30.6 Å². The van der Waals surface area contributed by atoms with Crippen LogP contribution in [0.4, 0.5) is 5.69 Å². The van der Waals surface area contributed by atoms with Gasteiger partial charge in [0, 0.05) is 29.8 Å². The number of likely N-dealkylation sites (tertiary alicyclic amines) is 1. The summed E-state index contributed by atoms with van der Waals surface area (Å²) >= 11 is 0. The van der Waals surface area contributed by atoms with E-state index in [1.807, 2.05) is 86.3 Å². The first kappa shape index (κ1) is 25.2. The van der Waals surface area contributed by atoms with E-state index in [4.69, 9.17) is 0 Å². The second kappa shape index (κ2) is 10.8. The molecule has 0 unspecified atom stereocenters. The molecule has 3 aromatic carbocycles. The minimum absolute atomic E-state index is 0.0472. The zero-order valence-corrected chi connectivity index (χ0v) is 21.0. The Bertz CT molecular complexity index is 1200. The van der Waals surface area contributed by atoms with Gasteiger partial charge in [-0.15, -0.1) is 0 Å². The summed E-state index contributed by atoms with van der Waals surface area (Å²) in [7, 11) is 0. The molecule has 2 atom stereocenters. The fourth-order valence-electron chi connectivity index (χ4n) is 4.61. The van der Waals surface area contributed by atoms with E-state index in [2.05, 4.69) is 10.6 Å². The topological polar surface area (TPSA) is 78.5 Å². The third-order valence-electron chi connectivity index (χ3n) is 6.28. The summed E-state index contributed by atoms with van der Waals surface area (Å²) in [5.41, 5.74) is 2.78. The summed E-state index contributed by atoms with van der Waals surface area (Å²) in [6.45, 7) is 6.23. The summed E-state index contributed by atoms with van der Waals surface area (Å²) in [6.07, 6.45) is 0.793. The number of nitrogens with zero attached hydrogens (tertiary/aromatic N) is 1. The van der Waals surface area contributed by atoms with Gasteiger partial charge in [-0.05, 0) is 62.6 Å². The van der Waals surface area contributed by atoms with Crippen LogP contribution < -0.4 is 10.6 Å². The molecule has 0 spiro atoms. The van der Waals surface area contributed by atoms with Gasteiger partial charge in [0.1, 0.15) is 0 Å². The molecular formula is C30H33N3O3. The summed E-state index contributed by atoms with van der Waals surface area (Å²) in [5, 5.41) is 5.95. The molecule has 6 nitrogen and oxygen atoms in total. The summed E-state index contributed by atoms with van der Waals surface area (Å²) in [5.74, 6) is -0.656. The van der Waals surface area contributed by atoms with Crippen LogP contribution in [0.15, 0.2) is 84.9 Å². The number of hydrogen-bond donors (Lipinski definition) is 2. The van der Waals surface area contributed by atoms with Crippen molar-refractivity contribution in [1.82, 2.24) is 10.2 Å². The second-order valence-corrected chi connectivity index (χ2v) is 10.3. The normalized spacial score (nSPS) is 18.0. The van der Waals surface area contributed by atoms with Gasteiger partial charge in [0.2, 0.25) is 11.8 Å². The summed E-state index contributed by atoms with van der Waals surface area (Å²) in [6, 6.07) is 26.1. The van der Waals surface area contributed by atoms with E-state index in [1.54, 1.807) is 24.3 Å². The van der Waals surface area contributed by atoms with Crippen molar-refractivity contribution in [2.45, 2.75) is 51.7 Å². The number of carbonyl (C=O) groups excluding carboxylic acids is 3. The third-order valence-corrected chi connectivity index (χ3v) is 6.28. The van der Waals surface area contributed by atoms with Gasteiger partial charge in [-0.2, -0.15) is 0 Å². The zero-order valence-electron chi connectivity index (χ0n) is 21.0. The average molecular weight is 484 g/mol. The largest absolute Gasteiger partial charge is 0.347 e. The lowest BCUT2D eigenvalue weighted by molar-refractivity contribution is -0.142.